The minimum absolute atomic E-state index is 0.143. The van der Waals surface area contributed by atoms with Crippen LogP contribution in [0.5, 0.6) is 0 Å². The first-order chi connectivity index (χ1) is 13.5. The van der Waals surface area contributed by atoms with Crippen LogP contribution in [0.4, 0.5) is 10.1 Å². The Morgan fingerprint density at radius 3 is 2.54 bits per heavy atom. The molecule has 0 radical (unpaired) electrons. The molecular formula is C22H19BrFNO2S. The lowest BCUT2D eigenvalue weighted by molar-refractivity contribution is -0.122. The van der Waals surface area contributed by atoms with Crippen LogP contribution in [0.1, 0.15) is 30.1 Å². The molecule has 1 amide bonds. The number of anilines is 1. The highest BCUT2D eigenvalue weighted by atomic mass is 79.9. The summed E-state index contributed by atoms with van der Waals surface area (Å²) in [5.74, 6) is -0.169. The van der Waals surface area contributed by atoms with Crippen molar-refractivity contribution < 1.29 is 14.3 Å². The third-order valence-corrected chi connectivity index (χ3v) is 6.69. The molecule has 1 N–H and O–H groups in total. The molecule has 3 nitrogen and oxygen atoms in total. The van der Waals surface area contributed by atoms with E-state index in [4.69, 9.17) is 0 Å². The molecule has 1 aromatic heterocycles. The maximum Gasteiger partial charge on any atom is 0.228 e. The molecule has 144 valence electrons. The monoisotopic (exact) mass is 459 g/mol. The van der Waals surface area contributed by atoms with Crippen molar-refractivity contribution in [3.8, 4) is 10.4 Å². The SMILES string of the molecule is O=C1CCN1c1ccc(-c2ccc(Br)s2)c(CC[C@H](O)c2ccc(F)cc2)c1. The predicted octanol–water partition coefficient (Wildman–Crippen LogP) is 5.72. The Balaban J connectivity index is 1.59. The summed E-state index contributed by atoms with van der Waals surface area (Å²) in [5.41, 5.74) is 3.81. The van der Waals surface area contributed by atoms with E-state index in [0.29, 0.717) is 24.8 Å². The summed E-state index contributed by atoms with van der Waals surface area (Å²) < 4.78 is 14.2. The lowest BCUT2D eigenvalue weighted by atomic mass is 9.96. The Morgan fingerprint density at radius 1 is 1.14 bits per heavy atom. The Labute approximate surface area is 175 Å². The van der Waals surface area contributed by atoms with Gasteiger partial charge in [-0.1, -0.05) is 18.2 Å². The van der Waals surface area contributed by atoms with Gasteiger partial charge in [0, 0.05) is 23.5 Å². The largest absolute Gasteiger partial charge is 0.388 e. The number of benzene rings is 2. The number of aryl methyl sites for hydroxylation is 1. The van der Waals surface area contributed by atoms with E-state index in [1.54, 1.807) is 28.4 Å². The van der Waals surface area contributed by atoms with Gasteiger partial charge in [-0.2, -0.15) is 0 Å². The van der Waals surface area contributed by atoms with Crippen LogP contribution in [0.25, 0.3) is 10.4 Å². The van der Waals surface area contributed by atoms with Gasteiger partial charge in [0.1, 0.15) is 5.82 Å². The lowest BCUT2D eigenvalue weighted by Gasteiger charge is -2.31. The molecule has 3 aromatic rings. The van der Waals surface area contributed by atoms with Crippen molar-refractivity contribution in [3.63, 3.8) is 0 Å². The average Bonchev–Trinajstić information content (AvgIpc) is 3.11. The van der Waals surface area contributed by atoms with Crippen molar-refractivity contribution in [2.24, 2.45) is 0 Å². The Bertz CT molecular complexity index is 1000. The fraction of sp³-hybridized carbons (Fsp3) is 0.227. The molecule has 6 heteroatoms. The fourth-order valence-corrected chi connectivity index (χ4v) is 4.83. The molecule has 2 heterocycles. The molecule has 4 rings (SSSR count). The van der Waals surface area contributed by atoms with Crippen LogP contribution in [0.3, 0.4) is 0 Å². The Morgan fingerprint density at radius 2 is 1.93 bits per heavy atom. The van der Waals surface area contributed by atoms with E-state index in [1.165, 1.54) is 12.1 Å². The van der Waals surface area contributed by atoms with E-state index in [-0.39, 0.29) is 11.7 Å². The number of rotatable bonds is 6. The highest BCUT2D eigenvalue weighted by Crippen LogP contribution is 2.37. The molecule has 0 spiro atoms. The number of hydrogen-bond donors (Lipinski definition) is 1. The van der Waals surface area contributed by atoms with Gasteiger partial charge in [-0.3, -0.25) is 4.79 Å². The maximum absolute atomic E-state index is 13.1. The number of halogens is 2. The van der Waals surface area contributed by atoms with Crippen molar-refractivity contribution >= 4 is 38.9 Å². The zero-order chi connectivity index (χ0) is 19.7. The van der Waals surface area contributed by atoms with Crippen LogP contribution in [0.15, 0.2) is 58.4 Å². The Kier molecular flexibility index (Phi) is 5.62. The van der Waals surface area contributed by atoms with E-state index < -0.39 is 6.10 Å². The van der Waals surface area contributed by atoms with Crippen LogP contribution in [-0.2, 0) is 11.2 Å². The van der Waals surface area contributed by atoms with Gasteiger partial charge in [-0.05, 0) is 81.9 Å². The zero-order valence-electron chi connectivity index (χ0n) is 15.1. The molecule has 1 fully saturated rings. The predicted molar refractivity (Wildman–Crippen MR) is 114 cm³/mol. The minimum Gasteiger partial charge on any atom is -0.388 e. The van der Waals surface area contributed by atoms with E-state index in [2.05, 4.69) is 34.1 Å². The fourth-order valence-electron chi connectivity index (χ4n) is 3.39. The number of aliphatic hydroxyl groups excluding tert-OH is 1. The van der Waals surface area contributed by atoms with Gasteiger partial charge in [0.25, 0.3) is 0 Å². The number of carbonyl (C=O) groups is 1. The van der Waals surface area contributed by atoms with Gasteiger partial charge in [0.05, 0.1) is 9.89 Å². The maximum atomic E-state index is 13.1. The van der Waals surface area contributed by atoms with E-state index >= 15 is 0 Å². The molecular weight excluding hydrogens is 441 g/mol. The minimum atomic E-state index is -0.669. The van der Waals surface area contributed by atoms with Gasteiger partial charge in [0.15, 0.2) is 0 Å². The molecule has 1 saturated heterocycles. The first kappa shape index (κ1) is 19.3. The molecule has 2 aromatic carbocycles. The summed E-state index contributed by atoms with van der Waals surface area (Å²) in [7, 11) is 0. The average molecular weight is 460 g/mol. The smallest absolute Gasteiger partial charge is 0.228 e. The van der Waals surface area contributed by atoms with Crippen molar-refractivity contribution in [2.75, 3.05) is 11.4 Å². The van der Waals surface area contributed by atoms with Crippen molar-refractivity contribution in [2.45, 2.75) is 25.4 Å². The van der Waals surface area contributed by atoms with Crippen LogP contribution in [0, 0.1) is 5.82 Å². The zero-order valence-corrected chi connectivity index (χ0v) is 17.5. The van der Waals surface area contributed by atoms with Crippen molar-refractivity contribution in [1.29, 1.82) is 0 Å². The highest BCUT2D eigenvalue weighted by Gasteiger charge is 2.26. The van der Waals surface area contributed by atoms with Gasteiger partial charge in [0.2, 0.25) is 5.91 Å². The molecule has 1 aliphatic rings. The van der Waals surface area contributed by atoms with E-state index in [0.717, 1.165) is 32.0 Å². The molecule has 0 aliphatic carbocycles. The molecule has 1 aliphatic heterocycles. The molecule has 0 bridgehead atoms. The van der Waals surface area contributed by atoms with Crippen LogP contribution < -0.4 is 4.90 Å². The van der Waals surface area contributed by atoms with E-state index in [9.17, 15) is 14.3 Å². The summed E-state index contributed by atoms with van der Waals surface area (Å²) in [4.78, 5) is 14.8. The van der Waals surface area contributed by atoms with Crippen LogP contribution in [-0.4, -0.2) is 17.6 Å². The van der Waals surface area contributed by atoms with Crippen LogP contribution >= 0.6 is 27.3 Å². The standard InChI is InChI=1S/C22H19BrFNO2S/c23-21-10-9-20(28-21)18-7-6-17(25-12-11-22(25)27)13-15(18)3-8-19(26)14-1-4-16(24)5-2-14/h1-2,4-7,9-10,13,19,26H,3,8,11-12H2/t19-/m0/s1. The Hall–Kier alpha value is -2.02. The molecule has 0 saturated carbocycles. The normalized spacial score (nSPS) is 14.8. The van der Waals surface area contributed by atoms with Gasteiger partial charge in [-0.25, -0.2) is 4.39 Å². The number of amides is 1. The molecule has 1 atom stereocenters. The summed E-state index contributed by atoms with van der Waals surface area (Å²) in [5, 5.41) is 10.5. The van der Waals surface area contributed by atoms with Crippen molar-refractivity contribution in [3.05, 3.63) is 75.3 Å². The number of β-lactam (4-membered cyclic amide) rings is 1. The topological polar surface area (TPSA) is 40.5 Å². The second kappa shape index (κ2) is 8.15. The lowest BCUT2D eigenvalue weighted by Crippen LogP contribution is -2.43. The quantitative estimate of drug-likeness (QED) is 0.478. The summed E-state index contributed by atoms with van der Waals surface area (Å²) in [6.07, 6.45) is 1.10. The number of nitrogens with zero attached hydrogens (tertiary/aromatic N) is 1. The number of aliphatic hydroxyl groups is 1. The van der Waals surface area contributed by atoms with Crippen molar-refractivity contribution in [1.82, 2.24) is 0 Å². The number of carbonyl (C=O) groups excluding carboxylic acids is 1. The van der Waals surface area contributed by atoms with Gasteiger partial charge in [-0.15, -0.1) is 11.3 Å². The third kappa shape index (κ3) is 4.04. The first-order valence-electron chi connectivity index (χ1n) is 9.14. The second-order valence-electron chi connectivity index (χ2n) is 6.85. The second-order valence-corrected chi connectivity index (χ2v) is 9.31. The summed E-state index contributed by atoms with van der Waals surface area (Å²) in [6.45, 7) is 0.750. The third-order valence-electron chi connectivity index (χ3n) is 5.03. The summed E-state index contributed by atoms with van der Waals surface area (Å²) >= 11 is 5.17. The summed E-state index contributed by atoms with van der Waals surface area (Å²) in [6, 6.07) is 16.1. The molecule has 28 heavy (non-hydrogen) atoms. The molecule has 0 unspecified atom stereocenters. The highest BCUT2D eigenvalue weighted by molar-refractivity contribution is 9.11. The van der Waals surface area contributed by atoms with Crippen LogP contribution in [0.2, 0.25) is 0 Å². The number of hydrogen-bond acceptors (Lipinski definition) is 3. The van der Waals surface area contributed by atoms with E-state index in [1.807, 2.05) is 12.1 Å². The number of thiophene rings is 1. The first-order valence-corrected chi connectivity index (χ1v) is 10.7. The van der Waals surface area contributed by atoms with Gasteiger partial charge >= 0.3 is 0 Å². The van der Waals surface area contributed by atoms with Gasteiger partial charge < -0.3 is 10.0 Å².